The van der Waals surface area contributed by atoms with Crippen LogP contribution in [0.3, 0.4) is 0 Å². The third kappa shape index (κ3) is 2.84. The lowest BCUT2D eigenvalue weighted by Gasteiger charge is -2.16. The van der Waals surface area contributed by atoms with Crippen molar-refractivity contribution in [2.45, 2.75) is 12.2 Å². The highest BCUT2D eigenvalue weighted by Gasteiger charge is 2.18. The summed E-state index contributed by atoms with van der Waals surface area (Å²) >= 11 is 3.86. The molecule has 0 bridgehead atoms. The van der Waals surface area contributed by atoms with E-state index in [0.29, 0.717) is 5.56 Å². The molecule has 0 aliphatic rings. The number of rotatable bonds is 4. The van der Waals surface area contributed by atoms with E-state index in [1.807, 2.05) is 0 Å². The number of benzene rings is 1. The van der Waals surface area contributed by atoms with Gasteiger partial charge in [-0.15, -0.1) is 0 Å². The molecule has 0 saturated carbocycles. The van der Waals surface area contributed by atoms with Gasteiger partial charge >= 0.3 is 0 Å². The van der Waals surface area contributed by atoms with E-state index in [4.69, 9.17) is 4.74 Å². The molecule has 2 unspecified atom stereocenters. The third-order valence-electron chi connectivity index (χ3n) is 2.07. The molecule has 1 rings (SSSR count). The number of aliphatic hydroxyl groups excluding tert-OH is 2. The zero-order valence-electron chi connectivity index (χ0n) is 8.22. The Morgan fingerprint density at radius 3 is 2.67 bits per heavy atom. The summed E-state index contributed by atoms with van der Waals surface area (Å²) in [5, 5.41) is 19.0. The Kier molecular flexibility index (Phi) is 4.38. The summed E-state index contributed by atoms with van der Waals surface area (Å²) in [6, 6.07) is 3.93. The standard InChI is InChI=1S/C10H13FO3S/c1-14-9-4-6(2-3-7(9)11)10(13)8(12)5-15/h2-4,8,10,12-13,15H,5H2,1H3. The second-order valence-electron chi connectivity index (χ2n) is 3.09. The van der Waals surface area contributed by atoms with Gasteiger partial charge in [0, 0.05) is 5.75 Å². The largest absolute Gasteiger partial charge is 0.494 e. The fraction of sp³-hybridized carbons (Fsp3) is 0.400. The van der Waals surface area contributed by atoms with E-state index in [2.05, 4.69) is 12.6 Å². The third-order valence-corrected chi connectivity index (χ3v) is 2.44. The summed E-state index contributed by atoms with van der Waals surface area (Å²) in [6.45, 7) is 0. The van der Waals surface area contributed by atoms with Crippen LogP contribution in [0.1, 0.15) is 11.7 Å². The first kappa shape index (κ1) is 12.3. The van der Waals surface area contributed by atoms with Crippen LogP contribution in [0.2, 0.25) is 0 Å². The number of aliphatic hydroxyl groups is 2. The van der Waals surface area contributed by atoms with E-state index in [9.17, 15) is 14.6 Å². The second kappa shape index (κ2) is 5.34. The van der Waals surface area contributed by atoms with Gasteiger partial charge in [0.15, 0.2) is 11.6 Å². The molecule has 0 aromatic heterocycles. The number of thiol groups is 1. The lowest BCUT2D eigenvalue weighted by Crippen LogP contribution is -2.19. The Balaban J connectivity index is 2.95. The minimum atomic E-state index is -1.09. The summed E-state index contributed by atoms with van der Waals surface area (Å²) in [5.41, 5.74) is 0.398. The first-order valence-electron chi connectivity index (χ1n) is 4.40. The molecule has 84 valence electrons. The summed E-state index contributed by atoms with van der Waals surface area (Å²) in [5.74, 6) is -0.340. The quantitative estimate of drug-likeness (QED) is 0.683. The van der Waals surface area contributed by atoms with Crippen molar-refractivity contribution in [2.75, 3.05) is 12.9 Å². The number of hydrogen-bond acceptors (Lipinski definition) is 4. The van der Waals surface area contributed by atoms with Gasteiger partial charge in [-0.05, 0) is 17.7 Å². The summed E-state index contributed by atoms with van der Waals surface area (Å²) in [7, 11) is 1.34. The highest BCUT2D eigenvalue weighted by Crippen LogP contribution is 2.24. The molecular formula is C10H13FO3S. The summed E-state index contributed by atoms with van der Waals surface area (Å²) < 4.78 is 17.8. The first-order chi connectivity index (χ1) is 7.10. The zero-order valence-corrected chi connectivity index (χ0v) is 9.12. The average molecular weight is 232 g/mol. The van der Waals surface area contributed by atoms with Gasteiger partial charge in [-0.2, -0.15) is 12.6 Å². The lowest BCUT2D eigenvalue weighted by atomic mass is 10.1. The van der Waals surface area contributed by atoms with Crippen molar-refractivity contribution in [3.05, 3.63) is 29.6 Å². The molecule has 5 heteroatoms. The second-order valence-corrected chi connectivity index (χ2v) is 3.45. The highest BCUT2D eigenvalue weighted by atomic mass is 32.1. The van der Waals surface area contributed by atoms with Gasteiger partial charge in [0.2, 0.25) is 0 Å². The fourth-order valence-corrected chi connectivity index (χ4v) is 1.38. The minimum absolute atomic E-state index is 0.0397. The van der Waals surface area contributed by atoms with Gasteiger partial charge in [0.1, 0.15) is 6.10 Å². The molecule has 1 aromatic carbocycles. The molecule has 15 heavy (non-hydrogen) atoms. The predicted molar refractivity (Wildman–Crippen MR) is 57.8 cm³/mol. The molecule has 0 radical (unpaired) electrons. The molecule has 0 fully saturated rings. The van der Waals surface area contributed by atoms with Crippen molar-refractivity contribution in [3.63, 3.8) is 0 Å². The maximum atomic E-state index is 13.0. The van der Waals surface area contributed by atoms with E-state index in [-0.39, 0.29) is 11.5 Å². The van der Waals surface area contributed by atoms with Crippen LogP contribution in [0.25, 0.3) is 0 Å². The molecule has 3 nitrogen and oxygen atoms in total. The SMILES string of the molecule is COc1cc(C(O)C(O)CS)ccc1F. The van der Waals surface area contributed by atoms with Gasteiger partial charge in [0.05, 0.1) is 13.2 Å². The van der Waals surface area contributed by atoms with Crippen LogP contribution in [0.15, 0.2) is 18.2 Å². The fourth-order valence-electron chi connectivity index (χ4n) is 1.18. The van der Waals surface area contributed by atoms with Crippen molar-refractivity contribution >= 4 is 12.6 Å². The van der Waals surface area contributed by atoms with E-state index in [1.165, 1.54) is 25.3 Å². The minimum Gasteiger partial charge on any atom is -0.494 e. The van der Waals surface area contributed by atoms with E-state index >= 15 is 0 Å². The molecule has 2 atom stereocenters. The Morgan fingerprint density at radius 2 is 2.13 bits per heavy atom. The zero-order chi connectivity index (χ0) is 11.4. The van der Waals surface area contributed by atoms with Crippen LogP contribution in [-0.4, -0.2) is 29.2 Å². The molecule has 0 heterocycles. The van der Waals surface area contributed by atoms with Crippen molar-refractivity contribution in [1.29, 1.82) is 0 Å². The van der Waals surface area contributed by atoms with Crippen molar-refractivity contribution in [2.24, 2.45) is 0 Å². The van der Waals surface area contributed by atoms with Crippen LogP contribution in [0.4, 0.5) is 4.39 Å². The number of hydrogen-bond donors (Lipinski definition) is 3. The summed E-state index contributed by atoms with van der Waals surface area (Å²) in [4.78, 5) is 0. The van der Waals surface area contributed by atoms with Crippen LogP contribution in [0.5, 0.6) is 5.75 Å². The normalized spacial score (nSPS) is 14.7. The molecule has 0 aliphatic carbocycles. The average Bonchev–Trinajstić information content (AvgIpc) is 2.27. The van der Waals surface area contributed by atoms with E-state index in [1.54, 1.807) is 0 Å². The topological polar surface area (TPSA) is 49.7 Å². The van der Waals surface area contributed by atoms with Gasteiger partial charge in [-0.1, -0.05) is 6.07 Å². The van der Waals surface area contributed by atoms with E-state index in [0.717, 1.165) is 0 Å². The van der Waals surface area contributed by atoms with Crippen molar-refractivity contribution in [1.82, 2.24) is 0 Å². The predicted octanol–water partition coefficient (Wildman–Crippen LogP) is 1.16. The van der Waals surface area contributed by atoms with Crippen molar-refractivity contribution < 1.29 is 19.3 Å². The molecule has 2 N–H and O–H groups in total. The maximum Gasteiger partial charge on any atom is 0.165 e. The molecule has 0 spiro atoms. The Hall–Kier alpha value is -0.780. The van der Waals surface area contributed by atoms with Crippen LogP contribution >= 0.6 is 12.6 Å². The Labute approximate surface area is 92.9 Å². The van der Waals surface area contributed by atoms with Crippen LogP contribution < -0.4 is 4.74 Å². The van der Waals surface area contributed by atoms with Gasteiger partial charge in [0.25, 0.3) is 0 Å². The molecule has 0 saturated heterocycles. The van der Waals surface area contributed by atoms with Gasteiger partial charge < -0.3 is 14.9 Å². The molecular weight excluding hydrogens is 219 g/mol. The number of methoxy groups -OCH3 is 1. The monoisotopic (exact) mass is 232 g/mol. The maximum absolute atomic E-state index is 13.0. The van der Waals surface area contributed by atoms with Gasteiger partial charge in [-0.25, -0.2) is 4.39 Å². The lowest BCUT2D eigenvalue weighted by molar-refractivity contribution is 0.0336. The van der Waals surface area contributed by atoms with Crippen molar-refractivity contribution in [3.8, 4) is 5.75 Å². The molecule has 1 aromatic rings. The molecule has 0 aliphatic heterocycles. The first-order valence-corrected chi connectivity index (χ1v) is 5.03. The van der Waals surface area contributed by atoms with Gasteiger partial charge in [-0.3, -0.25) is 0 Å². The van der Waals surface area contributed by atoms with Crippen LogP contribution in [0, 0.1) is 5.82 Å². The number of halogens is 1. The molecule has 0 amide bonds. The summed E-state index contributed by atoms with van der Waals surface area (Å²) in [6.07, 6.45) is -2.07. The smallest absolute Gasteiger partial charge is 0.165 e. The Bertz CT molecular complexity index is 332. The highest BCUT2D eigenvalue weighted by molar-refractivity contribution is 7.80. The van der Waals surface area contributed by atoms with E-state index < -0.39 is 18.0 Å². The van der Waals surface area contributed by atoms with Crippen LogP contribution in [-0.2, 0) is 0 Å². The Morgan fingerprint density at radius 1 is 1.47 bits per heavy atom. The number of ether oxygens (including phenoxy) is 1.